The highest BCUT2D eigenvalue weighted by Crippen LogP contribution is 2.37. The number of methoxy groups -OCH3 is 1. The first-order valence-corrected chi connectivity index (χ1v) is 10.9. The molecule has 7 heteroatoms. The third kappa shape index (κ3) is 3.42. The molecule has 170 valence electrons. The van der Waals surface area contributed by atoms with Crippen molar-refractivity contribution < 1.29 is 14.3 Å². The van der Waals surface area contributed by atoms with Crippen LogP contribution in [0.3, 0.4) is 0 Å². The number of aromatic amines is 1. The number of para-hydroxylation sites is 2. The number of pyridine rings is 1. The highest BCUT2D eigenvalue weighted by atomic mass is 16.5. The number of anilines is 1. The Labute approximate surface area is 196 Å². The molecule has 0 radical (unpaired) electrons. The lowest BCUT2D eigenvalue weighted by Gasteiger charge is -2.23. The molecule has 0 spiro atoms. The van der Waals surface area contributed by atoms with Gasteiger partial charge < -0.3 is 15.0 Å². The van der Waals surface area contributed by atoms with E-state index >= 15 is 0 Å². The number of imide groups is 1. The summed E-state index contributed by atoms with van der Waals surface area (Å²) in [5, 5.41) is 3.55. The number of urea groups is 1. The number of carbonyl (C=O) groups excluding carboxylic acids is 2. The van der Waals surface area contributed by atoms with Crippen molar-refractivity contribution in [2.45, 2.75) is 18.9 Å². The van der Waals surface area contributed by atoms with E-state index < -0.39 is 23.0 Å². The third-order valence-corrected chi connectivity index (χ3v) is 6.18. The van der Waals surface area contributed by atoms with Crippen LogP contribution in [0.5, 0.6) is 5.75 Å². The Morgan fingerprint density at radius 1 is 0.882 bits per heavy atom. The van der Waals surface area contributed by atoms with Gasteiger partial charge in [-0.05, 0) is 30.2 Å². The third-order valence-electron chi connectivity index (χ3n) is 6.18. The molecule has 34 heavy (non-hydrogen) atoms. The Balaban J connectivity index is 1.67. The fourth-order valence-electron chi connectivity index (χ4n) is 4.58. The zero-order valence-corrected chi connectivity index (χ0v) is 18.8. The van der Waals surface area contributed by atoms with Crippen LogP contribution < -0.4 is 20.5 Å². The number of fused-ring (bicyclic) bond motifs is 1. The lowest BCUT2D eigenvalue weighted by molar-refractivity contribution is -0.121. The Kier molecular flexibility index (Phi) is 5.17. The van der Waals surface area contributed by atoms with Crippen molar-refractivity contribution in [1.29, 1.82) is 0 Å². The zero-order valence-electron chi connectivity index (χ0n) is 18.8. The van der Waals surface area contributed by atoms with E-state index in [-0.39, 0.29) is 12.1 Å². The van der Waals surface area contributed by atoms with Crippen LogP contribution in [0.2, 0.25) is 0 Å². The number of benzene rings is 3. The standard InChI is InChI=1S/C27H23N3O4/c1-27(16-18-12-6-9-15-21(18)34-2)25(32)30(26(33)29-27)23-22(17-10-4-3-5-11-17)19-13-7-8-14-20(19)28-24(23)31/h3-15H,16H2,1-2H3,(H,28,31)(H,29,33). The van der Waals surface area contributed by atoms with Gasteiger partial charge in [-0.2, -0.15) is 0 Å². The van der Waals surface area contributed by atoms with E-state index in [1.54, 1.807) is 26.2 Å². The van der Waals surface area contributed by atoms with E-state index in [2.05, 4.69) is 10.3 Å². The van der Waals surface area contributed by atoms with Crippen molar-refractivity contribution in [3.63, 3.8) is 0 Å². The summed E-state index contributed by atoms with van der Waals surface area (Å²) in [7, 11) is 1.56. The van der Waals surface area contributed by atoms with Gasteiger partial charge in [0.2, 0.25) is 0 Å². The predicted molar refractivity (Wildman–Crippen MR) is 131 cm³/mol. The SMILES string of the molecule is COc1ccccc1CC1(C)NC(=O)N(c2c(-c3ccccc3)c3ccccc3[nH]c2=O)C1=O. The van der Waals surface area contributed by atoms with Crippen molar-refractivity contribution in [2.75, 3.05) is 12.0 Å². The van der Waals surface area contributed by atoms with Gasteiger partial charge in [-0.25, -0.2) is 9.69 Å². The smallest absolute Gasteiger partial charge is 0.329 e. The second-order valence-corrected chi connectivity index (χ2v) is 8.48. The van der Waals surface area contributed by atoms with Crippen molar-refractivity contribution in [1.82, 2.24) is 10.3 Å². The summed E-state index contributed by atoms with van der Waals surface area (Å²) >= 11 is 0. The largest absolute Gasteiger partial charge is 0.496 e. The van der Waals surface area contributed by atoms with Crippen LogP contribution in [0.1, 0.15) is 12.5 Å². The zero-order chi connectivity index (χ0) is 23.9. The molecule has 2 heterocycles. The van der Waals surface area contributed by atoms with Gasteiger partial charge in [-0.1, -0.05) is 66.7 Å². The van der Waals surface area contributed by atoms with Gasteiger partial charge in [0.1, 0.15) is 17.0 Å². The molecular formula is C27H23N3O4. The topological polar surface area (TPSA) is 91.5 Å². The fourth-order valence-corrected chi connectivity index (χ4v) is 4.58. The highest BCUT2D eigenvalue weighted by Gasteiger charge is 2.50. The fraction of sp³-hybridized carbons (Fsp3) is 0.148. The van der Waals surface area contributed by atoms with Crippen LogP contribution in [-0.2, 0) is 11.2 Å². The van der Waals surface area contributed by atoms with Crippen LogP contribution in [0.15, 0.2) is 83.7 Å². The molecule has 0 saturated carbocycles. The summed E-state index contributed by atoms with van der Waals surface area (Å²) < 4.78 is 5.43. The summed E-state index contributed by atoms with van der Waals surface area (Å²) in [6, 6.07) is 23.3. The average Bonchev–Trinajstić information content (AvgIpc) is 3.06. The van der Waals surface area contributed by atoms with Crippen molar-refractivity contribution in [3.05, 3.63) is 94.8 Å². The lowest BCUT2D eigenvalue weighted by Crippen LogP contribution is -2.46. The van der Waals surface area contributed by atoms with Gasteiger partial charge in [-0.15, -0.1) is 0 Å². The van der Waals surface area contributed by atoms with E-state index in [1.807, 2.05) is 66.7 Å². The average molecular weight is 453 g/mol. The maximum atomic E-state index is 13.8. The maximum Gasteiger partial charge on any atom is 0.329 e. The number of amides is 3. The molecule has 3 aromatic carbocycles. The summed E-state index contributed by atoms with van der Waals surface area (Å²) in [6.45, 7) is 1.66. The summed E-state index contributed by atoms with van der Waals surface area (Å²) in [4.78, 5) is 44.1. The molecule has 1 aliphatic rings. The van der Waals surface area contributed by atoms with Crippen LogP contribution in [0.25, 0.3) is 22.0 Å². The molecule has 1 aliphatic heterocycles. The molecule has 0 aliphatic carbocycles. The number of hydrogen-bond acceptors (Lipinski definition) is 4. The molecular weight excluding hydrogens is 430 g/mol. The number of ether oxygens (including phenoxy) is 1. The maximum absolute atomic E-state index is 13.8. The minimum Gasteiger partial charge on any atom is -0.496 e. The van der Waals surface area contributed by atoms with Gasteiger partial charge in [0, 0.05) is 22.9 Å². The van der Waals surface area contributed by atoms with E-state index in [0.717, 1.165) is 21.4 Å². The lowest BCUT2D eigenvalue weighted by atomic mass is 9.91. The van der Waals surface area contributed by atoms with E-state index in [4.69, 9.17) is 4.74 Å². The highest BCUT2D eigenvalue weighted by molar-refractivity contribution is 6.25. The Hall–Kier alpha value is -4.39. The minimum absolute atomic E-state index is 0.0103. The van der Waals surface area contributed by atoms with Crippen LogP contribution in [0, 0.1) is 0 Å². The van der Waals surface area contributed by atoms with E-state index in [9.17, 15) is 14.4 Å². The number of nitrogens with zero attached hydrogens (tertiary/aromatic N) is 1. The molecule has 0 bridgehead atoms. The Morgan fingerprint density at radius 2 is 1.56 bits per heavy atom. The summed E-state index contributed by atoms with van der Waals surface area (Å²) in [5.41, 5.74) is 0.915. The van der Waals surface area contributed by atoms with Crippen LogP contribution in [0.4, 0.5) is 10.5 Å². The van der Waals surface area contributed by atoms with Crippen LogP contribution in [-0.4, -0.2) is 29.6 Å². The first-order valence-electron chi connectivity index (χ1n) is 10.9. The Bertz CT molecular complexity index is 1480. The predicted octanol–water partition coefficient (Wildman–Crippen LogP) is 4.26. The van der Waals surface area contributed by atoms with Gasteiger partial charge >= 0.3 is 6.03 Å². The molecule has 1 saturated heterocycles. The number of aromatic nitrogens is 1. The van der Waals surface area contributed by atoms with Gasteiger partial charge in [0.15, 0.2) is 0 Å². The monoisotopic (exact) mass is 453 g/mol. The Morgan fingerprint density at radius 3 is 2.32 bits per heavy atom. The molecule has 1 atom stereocenters. The summed E-state index contributed by atoms with van der Waals surface area (Å²) in [6.07, 6.45) is 0.213. The first kappa shape index (κ1) is 21.5. The number of H-pyrrole nitrogens is 1. The van der Waals surface area contributed by atoms with Crippen molar-refractivity contribution in [3.8, 4) is 16.9 Å². The second-order valence-electron chi connectivity index (χ2n) is 8.48. The number of hydrogen-bond donors (Lipinski definition) is 2. The molecule has 5 rings (SSSR count). The second kappa shape index (κ2) is 8.19. The number of nitrogens with one attached hydrogen (secondary N) is 2. The van der Waals surface area contributed by atoms with Crippen molar-refractivity contribution in [2.24, 2.45) is 0 Å². The van der Waals surface area contributed by atoms with Crippen LogP contribution >= 0.6 is 0 Å². The summed E-state index contributed by atoms with van der Waals surface area (Å²) in [5.74, 6) is 0.124. The van der Waals surface area contributed by atoms with Gasteiger partial charge in [0.25, 0.3) is 11.5 Å². The van der Waals surface area contributed by atoms with E-state index in [0.29, 0.717) is 16.8 Å². The van der Waals surface area contributed by atoms with Gasteiger partial charge in [0.05, 0.1) is 7.11 Å². The normalized spacial score (nSPS) is 17.8. The minimum atomic E-state index is -1.25. The molecule has 2 N–H and O–H groups in total. The number of carbonyl (C=O) groups is 2. The molecule has 1 unspecified atom stereocenters. The molecule has 3 amide bonds. The molecule has 1 fully saturated rings. The molecule has 7 nitrogen and oxygen atoms in total. The molecule has 4 aromatic rings. The quantitative estimate of drug-likeness (QED) is 0.442. The van der Waals surface area contributed by atoms with Gasteiger partial charge in [-0.3, -0.25) is 9.59 Å². The van der Waals surface area contributed by atoms with E-state index in [1.165, 1.54) is 0 Å². The first-order chi connectivity index (χ1) is 16.4. The van der Waals surface area contributed by atoms with Crippen molar-refractivity contribution >= 4 is 28.5 Å². The number of rotatable bonds is 5. The molecule has 1 aromatic heterocycles.